The third-order valence-electron chi connectivity index (χ3n) is 1.92. The Kier molecular flexibility index (Phi) is 2.65. The zero-order valence-corrected chi connectivity index (χ0v) is 10.2. The molecule has 1 aromatic heterocycles. The van der Waals surface area contributed by atoms with Gasteiger partial charge in [0.05, 0.1) is 5.52 Å². The predicted octanol–water partition coefficient (Wildman–Crippen LogP) is 3.57. The largest absolute Gasteiger partial charge is 0.298 e. The third kappa shape index (κ3) is 1.60. The van der Waals surface area contributed by atoms with Crippen LogP contribution >= 0.6 is 31.9 Å². The molecule has 2 aromatic rings. The van der Waals surface area contributed by atoms with Gasteiger partial charge in [0.1, 0.15) is 4.60 Å². The topological polar surface area (TPSA) is 30.0 Å². The van der Waals surface area contributed by atoms with Gasteiger partial charge in [0.15, 0.2) is 6.29 Å². The summed E-state index contributed by atoms with van der Waals surface area (Å²) in [6.07, 6.45) is 0.835. The number of aldehydes is 1. The number of rotatable bonds is 1. The molecule has 0 radical (unpaired) electrons. The lowest BCUT2D eigenvalue weighted by atomic mass is 10.1. The Morgan fingerprint density at radius 3 is 2.79 bits per heavy atom. The van der Waals surface area contributed by atoms with Gasteiger partial charge in [-0.3, -0.25) is 4.79 Å². The molecule has 1 aromatic carbocycles. The van der Waals surface area contributed by atoms with Gasteiger partial charge in [-0.05, 0) is 44.0 Å². The van der Waals surface area contributed by atoms with Crippen LogP contribution in [0.2, 0.25) is 0 Å². The molecule has 0 N–H and O–H groups in total. The molecule has 0 saturated carbocycles. The first kappa shape index (κ1) is 9.80. The molecule has 0 aliphatic carbocycles. The molecule has 0 unspecified atom stereocenters. The summed E-state index contributed by atoms with van der Waals surface area (Å²) in [5, 5.41) is 0.859. The lowest BCUT2D eigenvalue weighted by Crippen LogP contribution is -1.88. The number of aromatic nitrogens is 1. The van der Waals surface area contributed by atoms with E-state index < -0.39 is 0 Å². The van der Waals surface area contributed by atoms with E-state index in [2.05, 4.69) is 36.8 Å². The van der Waals surface area contributed by atoms with Crippen LogP contribution in [-0.4, -0.2) is 11.3 Å². The quantitative estimate of drug-likeness (QED) is 0.595. The van der Waals surface area contributed by atoms with Crippen LogP contribution in [0.1, 0.15) is 10.4 Å². The highest BCUT2D eigenvalue weighted by atomic mass is 79.9. The molecule has 0 amide bonds. The van der Waals surface area contributed by atoms with E-state index in [4.69, 9.17) is 0 Å². The predicted molar refractivity (Wildman–Crippen MR) is 62.5 cm³/mol. The van der Waals surface area contributed by atoms with E-state index >= 15 is 0 Å². The Hall–Kier alpha value is -0.740. The standard InChI is InChI=1S/C10H5Br2NO/c11-8-3-1-2-7-6(5-14)4-9(12)13-10(7)8/h1-5H. The van der Waals surface area contributed by atoms with E-state index in [0.717, 1.165) is 21.7 Å². The number of benzene rings is 1. The van der Waals surface area contributed by atoms with Gasteiger partial charge in [-0.15, -0.1) is 0 Å². The molecule has 0 bridgehead atoms. The zero-order chi connectivity index (χ0) is 10.1. The number of pyridine rings is 1. The normalized spacial score (nSPS) is 10.4. The van der Waals surface area contributed by atoms with Crippen molar-refractivity contribution in [3.05, 3.63) is 38.9 Å². The van der Waals surface area contributed by atoms with Gasteiger partial charge in [-0.25, -0.2) is 4.98 Å². The fourth-order valence-corrected chi connectivity index (χ4v) is 2.18. The van der Waals surface area contributed by atoms with Gasteiger partial charge in [-0.2, -0.15) is 0 Å². The number of carbonyl (C=O) groups excluding carboxylic acids is 1. The molecule has 0 fully saturated rings. The molecule has 0 atom stereocenters. The van der Waals surface area contributed by atoms with Gasteiger partial charge < -0.3 is 0 Å². The number of fused-ring (bicyclic) bond motifs is 1. The molecular weight excluding hydrogens is 310 g/mol. The molecule has 0 spiro atoms. The van der Waals surface area contributed by atoms with E-state index in [9.17, 15) is 4.79 Å². The van der Waals surface area contributed by atoms with Gasteiger partial charge in [-0.1, -0.05) is 12.1 Å². The second kappa shape index (κ2) is 3.79. The van der Waals surface area contributed by atoms with Crippen LogP contribution in [-0.2, 0) is 0 Å². The highest BCUT2D eigenvalue weighted by Gasteiger charge is 2.05. The molecule has 14 heavy (non-hydrogen) atoms. The first-order valence-corrected chi connectivity index (χ1v) is 5.51. The highest BCUT2D eigenvalue weighted by molar-refractivity contribution is 9.11. The summed E-state index contributed by atoms with van der Waals surface area (Å²) in [5.74, 6) is 0. The van der Waals surface area contributed by atoms with Crippen molar-refractivity contribution in [2.75, 3.05) is 0 Å². The fourth-order valence-electron chi connectivity index (χ4n) is 1.30. The smallest absolute Gasteiger partial charge is 0.150 e. The van der Waals surface area contributed by atoms with Crippen LogP contribution in [0.4, 0.5) is 0 Å². The minimum Gasteiger partial charge on any atom is -0.298 e. The lowest BCUT2D eigenvalue weighted by Gasteiger charge is -2.02. The summed E-state index contributed by atoms with van der Waals surface area (Å²) in [6.45, 7) is 0. The van der Waals surface area contributed by atoms with Gasteiger partial charge in [0, 0.05) is 15.4 Å². The Bertz CT molecular complexity index is 511. The second-order valence-corrected chi connectivity index (χ2v) is 4.45. The van der Waals surface area contributed by atoms with Crippen molar-refractivity contribution in [3.8, 4) is 0 Å². The average Bonchev–Trinajstić information content (AvgIpc) is 2.18. The van der Waals surface area contributed by atoms with Crippen LogP contribution in [0.25, 0.3) is 10.9 Å². The van der Waals surface area contributed by atoms with E-state index in [1.165, 1.54) is 0 Å². The van der Waals surface area contributed by atoms with Crippen molar-refractivity contribution in [1.29, 1.82) is 0 Å². The Labute approximate surface area is 97.6 Å². The summed E-state index contributed by atoms with van der Waals surface area (Å²) in [4.78, 5) is 15.1. The van der Waals surface area contributed by atoms with Crippen molar-refractivity contribution in [2.24, 2.45) is 0 Å². The monoisotopic (exact) mass is 313 g/mol. The summed E-state index contributed by atoms with van der Waals surface area (Å²) in [7, 11) is 0. The van der Waals surface area contributed by atoms with Gasteiger partial charge >= 0.3 is 0 Å². The van der Waals surface area contributed by atoms with Crippen LogP contribution in [0, 0.1) is 0 Å². The van der Waals surface area contributed by atoms with Crippen molar-refractivity contribution >= 4 is 49.0 Å². The first-order chi connectivity index (χ1) is 6.72. The average molecular weight is 315 g/mol. The number of nitrogens with zero attached hydrogens (tertiary/aromatic N) is 1. The molecule has 70 valence electrons. The SMILES string of the molecule is O=Cc1cc(Br)nc2c(Br)cccc12. The maximum Gasteiger partial charge on any atom is 0.150 e. The van der Waals surface area contributed by atoms with Crippen molar-refractivity contribution in [1.82, 2.24) is 4.98 Å². The molecule has 1 heterocycles. The molecule has 0 aliphatic rings. The number of halogens is 2. The summed E-state index contributed by atoms with van der Waals surface area (Å²) in [6, 6.07) is 7.37. The van der Waals surface area contributed by atoms with Crippen molar-refractivity contribution < 1.29 is 4.79 Å². The Morgan fingerprint density at radius 1 is 1.29 bits per heavy atom. The molecule has 0 saturated heterocycles. The van der Waals surface area contributed by atoms with Crippen molar-refractivity contribution in [3.63, 3.8) is 0 Å². The summed E-state index contributed by atoms with van der Waals surface area (Å²) < 4.78 is 1.55. The van der Waals surface area contributed by atoms with Gasteiger partial charge in [0.2, 0.25) is 0 Å². The number of carbonyl (C=O) groups is 1. The van der Waals surface area contributed by atoms with Crippen LogP contribution in [0.15, 0.2) is 33.3 Å². The van der Waals surface area contributed by atoms with Crippen molar-refractivity contribution in [2.45, 2.75) is 0 Å². The third-order valence-corrected chi connectivity index (χ3v) is 2.96. The van der Waals surface area contributed by atoms with E-state index in [0.29, 0.717) is 10.2 Å². The molecular formula is C10H5Br2NO. The first-order valence-electron chi connectivity index (χ1n) is 3.92. The Balaban J connectivity index is 2.94. The van der Waals surface area contributed by atoms with E-state index in [-0.39, 0.29) is 0 Å². The van der Waals surface area contributed by atoms with Crippen LogP contribution in [0.5, 0.6) is 0 Å². The number of para-hydroxylation sites is 1. The minimum atomic E-state index is 0.642. The van der Waals surface area contributed by atoms with Crippen LogP contribution in [0.3, 0.4) is 0 Å². The highest BCUT2D eigenvalue weighted by Crippen LogP contribution is 2.26. The maximum atomic E-state index is 10.8. The number of hydrogen-bond donors (Lipinski definition) is 0. The van der Waals surface area contributed by atoms with E-state index in [1.807, 2.05) is 18.2 Å². The van der Waals surface area contributed by atoms with Gasteiger partial charge in [0.25, 0.3) is 0 Å². The second-order valence-electron chi connectivity index (χ2n) is 2.79. The molecule has 2 rings (SSSR count). The fraction of sp³-hybridized carbons (Fsp3) is 0. The summed E-state index contributed by atoms with van der Waals surface area (Å²) in [5.41, 5.74) is 1.44. The zero-order valence-electron chi connectivity index (χ0n) is 7.00. The van der Waals surface area contributed by atoms with Crippen LogP contribution < -0.4 is 0 Å². The molecule has 4 heteroatoms. The minimum absolute atomic E-state index is 0.642. The summed E-state index contributed by atoms with van der Waals surface area (Å²) >= 11 is 6.66. The van der Waals surface area contributed by atoms with E-state index in [1.54, 1.807) is 6.07 Å². The molecule has 2 nitrogen and oxygen atoms in total. The number of hydrogen-bond acceptors (Lipinski definition) is 2. The lowest BCUT2D eigenvalue weighted by molar-refractivity contribution is 0.112. The Morgan fingerprint density at radius 2 is 2.07 bits per heavy atom. The molecule has 0 aliphatic heterocycles. The maximum absolute atomic E-state index is 10.8.